The number of sulfonamides is 1. The topological polar surface area (TPSA) is 66.4 Å². The van der Waals surface area contributed by atoms with Gasteiger partial charge in [0.05, 0.1) is 11.4 Å². The molecule has 19 heavy (non-hydrogen) atoms. The zero-order chi connectivity index (χ0) is 14.5. The minimum absolute atomic E-state index is 0.0309. The summed E-state index contributed by atoms with van der Waals surface area (Å²) in [4.78, 5) is 0.887. The van der Waals surface area contributed by atoms with Gasteiger partial charge in [0.25, 0.3) is 0 Å². The van der Waals surface area contributed by atoms with Gasteiger partial charge in [-0.1, -0.05) is 11.8 Å². The highest BCUT2D eigenvalue weighted by atomic mass is 32.2. The van der Waals surface area contributed by atoms with Gasteiger partial charge in [0.2, 0.25) is 10.0 Å². The maximum Gasteiger partial charge on any atom is 0.216 e. The fourth-order valence-electron chi connectivity index (χ4n) is 1.18. The van der Waals surface area contributed by atoms with Crippen LogP contribution in [0.25, 0.3) is 0 Å². The molecule has 0 bridgehead atoms. The zero-order valence-corrected chi connectivity index (χ0v) is 13.0. The standard InChI is InChI=1S/C13H19NO3S2/c1-13(2,3)19(16,17)14-10-12-11(7-9-18-12)6-4-5-8-15/h7,9,14-15H,5,8,10H2,1-3H3. The van der Waals surface area contributed by atoms with E-state index in [1.54, 1.807) is 20.8 Å². The molecule has 0 amide bonds. The van der Waals surface area contributed by atoms with Gasteiger partial charge in [0.1, 0.15) is 0 Å². The third-order valence-corrected chi connectivity index (χ3v) is 5.49. The van der Waals surface area contributed by atoms with Crippen LogP contribution >= 0.6 is 11.3 Å². The van der Waals surface area contributed by atoms with Crippen LogP contribution in [0.15, 0.2) is 11.4 Å². The molecule has 0 fully saturated rings. The van der Waals surface area contributed by atoms with Crippen molar-refractivity contribution in [1.82, 2.24) is 4.72 Å². The van der Waals surface area contributed by atoms with Crippen LogP contribution in [-0.2, 0) is 16.6 Å². The Bertz CT molecular complexity index is 571. The molecule has 4 nitrogen and oxygen atoms in total. The normalized spacial score (nSPS) is 12.0. The van der Waals surface area contributed by atoms with E-state index in [0.717, 1.165) is 10.4 Å². The predicted molar refractivity (Wildman–Crippen MR) is 78.4 cm³/mol. The van der Waals surface area contributed by atoms with Crippen LogP contribution in [0.1, 0.15) is 37.6 Å². The van der Waals surface area contributed by atoms with Gasteiger partial charge in [-0.3, -0.25) is 0 Å². The Hall–Kier alpha value is -0.870. The van der Waals surface area contributed by atoms with Crippen molar-refractivity contribution in [2.24, 2.45) is 0 Å². The average Bonchev–Trinajstić information content (AvgIpc) is 2.73. The lowest BCUT2D eigenvalue weighted by Gasteiger charge is -2.19. The highest BCUT2D eigenvalue weighted by Crippen LogP contribution is 2.18. The van der Waals surface area contributed by atoms with E-state index in [4.69, 9.17) is 5.11 Å². The van der Waals surface area contributed by atoms with Gasteiger partial charge in [-0.15, -0.1) is 11.3 Å². The molecule has 0 aliphatic carbocycles. The number of aliphatic hydroxyl groups is 1. The van der Waals surface area contributed by atoms with Crippen molar-refractivity contribution in [3.63, 3.8) is 0 Å². The monoisotopic (exact) mass is 301 g/mol. The van der Waals surface area contributed by atoms with Crippen LogP contribution in [0, 0.1) is 11.8 Å². The first-order chi connectivity index (χ1) is 8.78. The van der Waals surface area contributed by atoms with E-state index in [2.05, 4.69) is 16.6 Å². The molecule has 6 heteroatoms. The summed E-state index contributed by atoms with van der Waals surface area (Å²) >= 11 is 1.47. The molecule has 0 aliphatic rings. The minimum Gasteiger partial charge on any atom is -0.395 e. The van der Waals surface area contributed by atoms with Crippen molar-refractivity contribution in [3.8, 4) is 11.8 Å². The molecular formula is C13H19NO3S2. The number of hydrogen-bond donors (Lipinski definition) is 2. The lowest BCUT2D eigenvalue weighted by molar-refractivity contribution is 0.305. The quantitative estimate of drug-likeness (QED) is 0.832. The molecule has 1 aromatic heterocycles. The molecule has 0 unspecified atom stereocenters. The van der Waals surface area contributed by atoms with E-state index in [0.29, 0.717) is 6.42 Å². The Labute approximate surface area is 118 Å². The van der Waals surface area contributed by atoms with Gasteiger partial charge in [0, 0.05) is 23.4 Å². The van der Waals surface area contributed by atoms with Crippen LogP contribution in [0.2, 0.25) is 0 Å². The van der Waals surface area contributed by atoms with Crippen molar-refractivity contribution in [2.45, 2.75) is 38.5 Å². The van der Waals surface area contributed by atoms with Gasteiger partial charge < -0.3 is 5.11 Å². The Morgan fingerprint density at radius 1 is 1.42 bits per heavy atom. The van der Waals surface area contributed by atoms with Gasteiger partial charge in [-0.05, 0) is 32.2 Å². The number of hydrogen-bond acceptors (Lipinski definition) is 4. The Morgan fingerprint density at radius 2 is 2.11 bits per heavy atom. The van der Waals surface area contributed by atoms with E-state index in [1.165, 1.54) is 11.3 Å². The van der Waals surface area contributed by atoms with Crippen molar-refractivity contribution in [1.29, 1.82) is 0 Å². The molecule has 0 radical (unpaired) electrons. The number of rotatable bonds is 4. The van der Waals surface area contributed by atoms with Crippen LogP contribution in [0.5, 0.6) is 0 Å². The maximum atomic E-state index is 11.9. The van der Waals surface area contributed by atoms with Crippen molar-refractivity contribution in [3.05, 3.63) is 21.9 Å². The highest BCUT2D eigenvalue weighted by molar-refractivity contribution is 7.90. The summed E-state index contributed by atoms with van der Waals surface area (Å²) in [7, 11) is -3.35. The first kappa shape index (κ1) is 16.2. The summed E-state index contributed by atoms with van der Waals surface area (Å²) < 4.78 is 25.7. The SMILES string of the molecule is CC(C)(C)S(=O)(=O)NCc1sccc1C#CCCO. The summed E-state index contributed by atoms with van der Waals surface area (Å²) in [6, 6.07) is 1.86. The first-order valence-electron chi connectivity index (χ1n) is 5.93. The number of thiophene rings is 1. The Kier molecular flexibility index (Phi) is 5.56. The molecule has 1 heterocycles. The zero-order valence-electron chi connectivity index (χ0n) is 11.4. The minimum atomic E-state index is -3.35. The highest BCUT2D eigenvalue weighted by Gasteiger charge is 2.28. The molecule has 0 spiro atoms. The van der Waals surface area contributed by atoms with Gasteiger partial charge in [-0.25, -0.2) is 13.1 Å². The summed E-state index contributed by atoms with van der Waals surface area (Å²) in [6.07, 6.45) is 0.420. The second-order valence-corrected chi connectivity index (χ2v) is 8.49. The fraction of sp³-hybridized carbons (Fsp3) is 0.538. The van der Waals surface area contributed by atoms with E-state index in [-0.39, 0.29) is 13.2 Å². The summed E-state index contributed by atoms with van der Waals surface area (Å²) in [5, 5.41) is 10.6. The van der Waals surface area contributed by atoms with Crippen LogP contribution in [0.3, 0.4) is 0 Å². The van der Waals surface area contributed by atoms with Crippen molar-refractivity contribution >= 4 is 21.4 Å². The summed E-state index contributed by atoms with van der Waals surface area (Å²) in [5.41, 5.74) is 0.815. The largest absolute Gasteiger partial charge is 0.395 e. The molecule has 106 valence electrons. The molecule has 2 N–H and O–H groups in total. The maximum absolute atomic E-state index is 11.9. The van der Waals surface area contributed by atoms with Crippen LogP contribution in [0.4, 0.5) is 0 Å². The van der Waals surface area contributed by atoms with Gasteiger partial charge in [0.15, 0.2) is 0 Å². The first-order valence-corrected chi connectivity index (χ1v) is 8.29. The predicted octanol–water partition coefficient (Wildman–Crippen LogP) is 1.70. The van der Waals surface area contributed by atoms with Crippen molar-refractivity contribution < 1.29 is 13.5 Å². The van der Waals surface area contributed by atoms with Gasteiger partial charge in [-0.2, -0.15) is 0 Å². The third-order valence-electron chi connectivity index (χ3n) is 2.43. The molecular weight excluding hydrogens is 282 g/mol. The molecule has 0 atom stereocenters. The van der Waals surface area contributed by atoms with Crippen molar-refractivity contribution in [2.75, 3.05) is 6.61 Å². The third kappa shape index (κ3) is 4.62. The Balaban J connectivity index is 2.76. The van der Waals surface area contributed by atoms with Crippen LogP contribution < -0.4 is 4.72 Å². The van der Waals surface area contributed by atoms with Crippen LogP contribution in [-0.4, -0.2) is 24.9 Å². The number of aliphatic hydroxyl groups excluding tert-OH is 1. The Morgan fingerprint density at radius 3 is 2.68 bits per heavy atom. The molecule has 0 saturated heterocycles. The second-order valence-electron chi connectivity index (χ2n) is 4.97. The molecule has 0 saturated carbocycles. The smallest absolute Gasteiger partial charge is 0.216 e. The molecule has 1 aromatic rings. The van der Waals surface area contributed by atoms with E-state index < -0.39 is 14.8 Å². The number of nitrogens with one attached hydrogen (secondary N) is 1. The van der Waals surface area contributed by atoms with E-state index >= 15 is 0 Å². The average molecular weight is 301 g/mol. The lowest BCUT2D eigenvalue weighted by atomic mass is 10.2. The summed E-state index contributed by atoms with van der Waals surface area (Å²) in [5.74, 6) is 5.77. The van der Waals surface area contributed by atoms with Gasteiger partial charge >= 0.3 is 0 Å². The molecule has 0 aromatic carbocycles. The lowest BCUT2D eigenvalue weighted by Crippen LogP contribution is -2.38. The molecule has 0 aliphatic heterocycles. The summed E-state index contributed by atoms with van der Waals surface area (Å²) in [6.45, 7) is 5.26. The fourth-order valence-corrected chi connectivity index (χ4v) is 2.81. The second kappa shape index (κ2) is 6.53. The van der Waals surface area contributed by atoms with E-state index in [1.807, 2.05) is 11.4 Å². The molecule has 1 rings (SSSR count). The van der Waals surface area contributed by atoms with E-state index in [9.17, 15) is 8.42 Å².